The van der Waals surface area contributed by atoms with Gasteiger partial charge in [-0.15, -0.1) is 11.3 Å². The van der Waals surface area contributed by atoms with Crippen molar-refractivity contribution in [3.05, 3.63) is 35.3 Å². The average Bonchev–Trinajstić information content (AvgIpc) is 3.06. The number of aromatic nitrogens is 1. The summed E-state index contributed by atoms with van der Waals surface area (Å²) < 4.78 is 10.8. The van der Waals surface area contributed by atoms with Crippen LogP contribution >= 0.6 is 11.3 Å². The van der Waals surface area contributed by atoms with E-state index in [1.807, 2.05) is 48.4 Å². The number of benzene rings is 1. The van der Waals surface area contributed by atoms with E-state index in [1.165, 1.54) is 11.3 Å². The van der Waals surface area contributed by atoms with Gasteiger partial charge in [0.25, 0.3) is 5.91 Å². The van der Waals surface area contributed by atoms with E-state index in [-0.39, 0.29) is 11.9 Å². The lowest BCUT2D eigenvalue weighted by Crippen LogP contribution is -2.47. The molecule has 0 saturated carbocycles. The summed E-state index contributed by atoms with van der Waals surface area (Å²) in [6.07, 6.45) is 0. The molecule has 1 aromatic carbocycles. The molecule has 122 valence electrons. The number of ether oxygens (including phenoxy) is 2. The second-order valence-electron chi connectivity index (χ2n) is 5.42. The standard InChI is InChI=1S/C17H20N2O3S/c1-3-22-14-6-4-13(5-7-14)16-18-15(11-23-16)17(20)19-8-9-21-10-12(19)2/h4-7,11-12H,3,8-10H2,1-2H3/t12-/m1/s1. The Morgan fingerprint density at radius 1 is 1.43 bits per heavy atom. The zero-order valence-corrected chi connectivity index (χ0v) is 14.1. The van der Waals surface area contributed by atoms with Crippen LogP contribution in [0.15, 0.2) is 29.6 Å². The van der Waals surface area contributed by atoms with Gasteiger partial charge >= 0.3 is 0 Å². The van der Waals surface area contributed by atoms with Gasteiger partial charge in [0.1, 0.15) is 16.5 Å². The summed E-state index contributed by atoms with van der Waals surface area (Å²) >= 11 is 1.48. The van der Waals surface area contributed by atoms with E-state index in [9.17, 15) is 4.79 Å². The van der Waals surface area contributed by atoms with Gasteiger partial charge in [-0.1, -0.05) is 0 Å². The maximum absolute atomic E-state index is 12.6. The molecule has 1 aliphatic rings. The lowest BCUT2D eigenvalue weighted by Gasteiger charge is -2.32. The molecule has 3 rings (SSSR count). The van der Waals surface area contributed by atoms with E-state index in [4.69, 9.17) is 9.47 Å². The number of thiazole rings is 1. The molecule has 0 bridgehead atoms. The summed E-state index contributed by atoms with van der Waals surface area (Å²) in [6, 6.07) is 7.87. The van der Waals surface area contributed by atoms with Crippen molar-refractivity contribution < 1.29 is 14.3 Å². The maximum atomic E-state index is 12.6. The highest BCUT2D eigenvalue weighted by atomic mass is 32.1. The molecule has 1 atom stereocenters. The quantitative estimate of drug-likeness (QED) is 0.863. The summed E-state index contributed by atoms with van der Waals surface area (Å²) in [6.45, 7) is 6.40. The molecule has 0 aliphatic carbocycles. The van der Waals surface area contributed by atoms with E-state index in [0.717, 1.165) is 16.3 Å². The Hall–Kier alpha value is -1.92. The minimum atomic E-state index is -0.0192. The zero-order chi connectivity index (χ0) is 16.2. The van der Waals surface area contributed by atoms with E-state index in [1.54, 1.807) is 0 Å². The first-order valence-corrected chi connectivity index (χ1v) is 8.64. The SMILES string of the molecule is CCOc1ccc(-c2nc(C(=O)N3CCOC[C@H]3C)cs2)cc1. The maximum Gasteiger partial charge on any atom is 0.273 e. The van der Waals surface area contributed by atoms with E-state index >= 15 is 0 Å². The lowest BCUT2D eigenvalue weighted by molar-refractivity contribution is 0.00332. The van der Waals surface area contributed by atoms with E-state index < -0.39 is 0 Å². The van der Waals surface area contributed by atoms with Crippen molar-refractivity contribution >= 4 is 17.2 Å². The van der Waals surface area contributed by atoms with Crippen LogP contribution in [0, 0.1) is 0 Å². The number of carbonyl (C=O) groups is 1. The second kappa shape index (κ2) is 7.10. The smallest absolute Gasteiger partial charge is 0.273 e. The monoisotopic (exact) mass is 332 g/mol. The molecule has 1 aromatic heterocycles. The summed E-state index contributed by atoms with van der Waals surface area (Å²) in [5, 5.41) is 2.67. The molecule has 2 heterocycles. The average molecular weight is 332 g/mol. The highest BCUT2D eigenvalue weighted by Crippen LogP contribution is 2.26. The van der Waals surface area contributed by atoms with Crippen molar-refractivity contribution in [1.82, 2.24) is 9.88 Å². The normalized spacial score (nSPS) is 18.0. The first-order chi connectivity index (χ1) is 11.2. The molecule has 0 spiro atoms. The Morgan fingerprint density at radius 3 is 2.91 bits per heavy atom. The fraction of sp³-hybridized carbons (Fsp3) is 0.412. The van der Waals surface area contributed by atoms with Gasteiger partial charge in [0.2, 0.25) is 0 Å². The molecule has 2 aromatic rings. The van der Waals surface area contributed by atoms with E-state index in [0.29, 0.717) is 32.1 Å². The molecule has 6 heteroatoms. The van der Waals surface area contributed by atoms with Gasteiger partial charge in [-0.2, -0.15) is 0 Å². The minimum absolute atomic E-state index is 0.0192. The van der Waals surface area contributed by atoms with Gasteiger partial charge in [-0.05, 0) is 38.1 Å². The molecule has 0 N–H and O–H groups in total. The van der Waals surface area contributed by atoms with Crippen LogP contribution < -0.4 is 4.74 Å². The Bertz CT molecular complexity index is 669. The first kappa shape index (κ1) is 16.0. The van der Waals surface area contributed by atoms with Crippen LogP contribution in [-0.4, -0.2) is 48.2 Å². The molecule has 0 radical (unpaired) electrons. The van der Waals surface area contributed by atoms with Gasteiger partial charge in [0.15, 0.2) is 0 Å². The molecule has 5 nitrogen and oxygen atoms in total. The fourth-order valence-corrected chi connectivity index (χ4v) is 3.34. The second-order valence-corrected chi connectivity index (χ2v) is 6.28. The molecule has 1 aliphatic heterocycles. The molecular formula is C17H20N2O3S. The molecule has 1 fully saturated rings. The largest absolute Gasteiger partial charge is 0.494 e. The number of morpholine rings is 1. The predicted octanol–water partition coefficient (Wildman–Crippen LogP) is 3.07. The number of rotatable bonds is 4. The fourth-order valence-electron chi connectivity index (χ4n) is 2.54. The van der Waals surface area contributed by atoms with Crippen molar-refractivity contribution in [2.45, 2.75) is 19.9 Å². The predicted molar refractivity (Wildman–Crippen MR) is 90.0 cm³/mol. The third-order valence-corrected chi connectivity index (χ3v) is 4.66. The van der Waals surface area contributed by atoms with Crippen LogP contribution in [0.2, 0.25) is 0 Å². The van der Waals surface area contributed by atoms with Crippen LogP contribution in [0.3, 0.4) is 0 Å². The molecular weight excluding hydrogens is 312 g/mol. The van der Waals surface area contributed by atoms with Gasteiger partial charge in [0.05, 0.1) is 25.9 Å². The highest BCUT2D eigenvalue weighted by molar-refractivity contribution is 7.13. The summed E-state index contributed by atoms with van der Waals surface area (Å²) in [7, 11) is 0. The Labute approximate surface area is 139 Å². The molecule has 1 amide bonds. The van der Waals surface area contributed by atoms with Crippen molar-refractivity contribution in [1.29, 1.82) is 0 Å². The Kier molecular flexibility index (Phi) is 4.93. The van der Waals surface area contributed by atoms with Crippen molar-refractivity contribution in [3.8, 4) is 16.3 Å². The molecule has 1 saturated heterocycles. The van der Waals surface area contributed by atoms with Crippen LogP contribution in [0.4, 0.5) is 0 Å². The van der Waals surface area contributed by atoms with E-state index in [2.05, 4.69) is 4.98 Å². The lowest BCUT2D eigenvalue weighted by atomic mass is 10.2. The zero-order valence-electron chi connectivity index (χ0n) is 13.3. The van der Waals surface area contributed by atoms with Crippen LogP contribution in [0.1, 0.15) is 24.3 Å². The summed E-state index contributed by atoms with van der Waals surface area (Å²) in [5.74, 6) is 0.820. The van der Waals surface area contributed by atoms with Crippen molar-refractivity contribution in [3.63, 3.8) is 0 Å². The van der Waals surface area contributed by atoms with Crippen molar-refractivity contribution in [2.75, 3.05) is 26.4 Å². The van der Waals surface area contributed by atoms with Crippen LogP contribution in [0.25, 0.3) is 10.6 Å². The summed E-state index contributed by atoms with van der Waals surface area (Å²) in [5.41, 5.74) is 1.50. The highest BCUT2D eigenvalue weighted by Gasteiger charge is 2.26. The number of carbonyl (C=O) groups excluding carboxylic acids is 1. The minimum Gasteiger partial charge on any atom is -0.494 e. The molecule has 23 heavy (non-hydrogen) atoms. The van der Waals surface area contributed by atoms with Gasteiger partial charge < -0.3 is 14.4 Å². The number of amides is 1. The van der Waals surface area contributed by atoms with Crippen LogP contribution in [-0.2, 0) is 4.74 Å². The van der Waals surface area contributed by atoms with Crippen molar-refractivity contribution in [2.24, 2.45) is 0 Å². The third-order valence-electron chi connectivity index (χ3n) is 3.76. The number of hydrogen-bond acceptors (Lipinski definition) is 5. The topological polar surface area (TPSA) is 51.7 Å². The third kappa shape index (κ3) is 3.54. The Morgan fingerprint density at radius 2 is 2.22 bits per heavy atom. The molecule has 0 unspecified atom stereocenters. The van der Waals surface area contributed by atoms with Gasteiger partial charge in [0, 0.05) is 17.5 Å². The number of hydrogen-bond donors (Lipinski definition) is 0. The first-order valence-electron chi connectivity index (χ1n) is 7.76. The van der Waals surface area contributed by atoms with Crippen LogP contribution in [0.5, 0.6) is 5.75 Å². The summed E-state index contributed by atoms with van der Waals surface area (Å²) in [4.78, 5) is 18.9. The Balaban J connectivity index is 1.75. The van der Waals surface area contributed by atoms with Gasteiger partial charge in [-0.3, -0.25) is 4.79 Å². The van der Waals surface area contributed by atoms with Gasteiger partial charge in [-0.25, -0.2) is 4.98 Å². The number of nitrogens with zero attached hydrogens (tertiary/aromatic N) is 2.